The first-order chi connectivity index (χ1) is 19.3. The second kappa shape index (κ2) is 12.8. The summed E-state index contributed by atoms with van der Waals surface area (Å²) in [6.45, 7) is 25.6. The van der Waals surface area contributed by atoms with E-state index in [0.717, 1.165) is 11.5 Å². The normalized spacial score (nSPS) is 15.8. The Bertz CT molecular complexity index is 1420. The van der Waals surface area contributed by atoms with Gasteiger partial charge in [-0.25, -0.2) is 0 Å². The molecule has 1 aliphatic heterocycles. The van der Waals surface area contributed by atoms with Gasteiger partial charge in [-0.15, -0.1) is 0 Å². The molecule has 1 atom stereocenters. The van der Waals surface area contributed by atoms with Crippen LogP contribution in [0.25, 0.3) is 9.96 Å². The van der Waals surface area contributed by atoms with Gasteiger partial charge in [-0.1, -0.05) is 135 Å². The monoisotopic (exact) mass is 674 g/mol. The van der Waals surface area contributed by atoms with Gasteiger partial charge in [0.2, 0.25) is 0 Å². The third kappa shape index (κ3) is 6.84. The summed E-state index contributed by atoms with van der Waals surface area (Å²) in [5.74, 6) is 2.03. The summed E-state index contributed by atoms with van der Waals surface area (Å²) in [4.78, 5) is 10.1. The molecule has 1 aliphatic rings. The van der Waals surface area contributed by atoms with Gasteiger partial charge in [-0.05, 0) is 40.6 Å². The summed E-state index contributed by atoms with van der Waals surface area (Å²) >= 11 is -0.556. The molecule has 0 saturated heterocycles. The Morgan fingerprint density at radius 1 is 0.714 bits per heavy atom. The van der Waals surface area contributed by atoms with E-state index in [1.807, 2.05) is 14.1 Å². The number of hydrogen-bond donors (Lipinski definition) is 0. The molecule has 0 radical (unpaired) electrons. The summed E-state index contributed by atoms with van der Waals surface area (Å²) < 4.78 is 7.22. The zero-order valence-corrected chi connectivity index (χ0v) is 32.8. The van der Waals surface area contributed by atoms with Crippen LogP contribution in [0.15, 0.2) is 54.6 Å². The number of ether oxygens (including phenoxy) is 1. The van der Waals surface area contributed by atoms with Crippen molar-refractivity contribution in [1.82, 2.24) is 0 Å². The third-order valence-electron chi connectivity index (χ3n) is 8.99. The Morgan fingerprint density at radius 2 is 1.14 bits per heavy atom. The van der Waals surface area contributed by atoms with Crippen LogP contribution in [0, 0.1) is 0 Å². The van der Waals surface area contributed by atoms with E-state index < -0.39 is 33.5 Å². The SMILES string of the molecule is C[N-][Si](C)(C)c1cc(C(C)(C)C)cc2c1Oc1c(cc(C(C)(C)C)cc1[Si](C)([N-]C)c1ccccc1)C2(C)C.[Cl][Ti][Cl]. The van der Waals surface area contributed by atoms with Crippen LogP contribution in [0.1, 0.15) is 77.6 Å². The summed E-state index contributed by atoms with van der Waals surface area (Å²) in [6.07, 6.45) is 0. The maximum atomic E-state index is 7.22. The van der Waals surface area contributed by atoms with Gasteiger partial charge in [0.25, 0.3) is 0 Å². The Labute approximate surface area is 274 Å². The maximum absolute atomic E-state index is 7.22. The van der Waals surface area contributed by atoms with Gasteiger partial charge in [0, 0.05) is 24.8 Å². The minimum absolute atomic E-state index is 0.00566. The summed E-state index contributed by atoms with van der Waals surface area (Å²) in [6, 6.07) is 20.4. The van der Waals surface area contributed by atoms with Crippen LogP contribution in [0.3, 0.4) is 0 Å². The van der Waals surface area contributed by atoms with E-state index in [2.05, 4.69) is 130 Å². The molecule has 3 aromatic rings. The second-order valence-corrected chi connectivity index (χ2v) is 24.9. The number of nitrogens with zero attached hydrogens (tertiary/aromatic N) is 2. The first-order valence-corrected chi connectivity index (χ1v) is 24.3. The average molecular weight is 676 g/mol. The molecular weight excluding hydrogens is 627 g/mol. The average Bonchev–Trinajstić information content (AvgIpc) is 2.91. The Hall–Kier alpha value is -0.892. The van der Waals surface area contributed by atoms with E-state index in [1.54, 1.807) is 0 Å². The van der Waals surface area contributed by atoms with Crippen LogP contribution >= 0.6 is 18.6 Å². The van der Waals surface area contributed by atoms with Crippen LogP contribution in [-0.4, -0.2) is 30.6 Å². The molecule has 3 nitrogen and oxygen atoms in total. The van der Waals surface area contributed by atoms with Gasteiger partial charge in [-0.3, -0.25) is 0 Å². The van der Waals surface area contributed by atoms with Gasteiger partial charge in [-0.2, -0.15) is 14.1 Å². The Morgan fingerprint density at radius 3 is 1.55 bits per heavy atom. The second-order valence-electron chi connectivity index (χ2n) is 14.5. The van der Waals surface area contributed by atoms with E-state index in [4.69, 9.17) is 33.3 Å². The minimum atomic E-state index is -2.47. The van der Waals surface area contributed by atoms with Crippen molar-refractivity contribution in [2.24, 2.45) is 0 Å². The third-order valence-corrected chi connectivity index (χ3v) is 15.6. The van der Waals surface area contributed by atoms with Crippen molar-refractivity contribution < 1.29 is 21.8 Å². The van der Waals surface area contributed by atoms with E-state index in [0.29, 0.717) is 0 Å². The number of halogens is 2. The van der Waals surface area contributed by atoms with Crippen LogP contribution < -0.4 is 20.3 Å². The van der Waals surface area contributed by atoms with Crippen molar-refractivity contribution in [3.8, 4) is 11.5 Å². The molecule has 0 aliphatic carbocycles. The van der Waals surface area contributed by atoms with Crippen molar-refractivity contribution in [2.45, 2.75) is 91.3 Å². The first kappa shape index (κ1) is 35.6. The number of fused-ring (bicyclic) bond motifs is 2. The molecule has 0 fully saturated rings. The van der Waals surface area contributed by atoms with Crippen LogP contribution in [0.2, 0.25) is 19.6 Å². The molecule has 4 rings (SSSR count). The topological polar surface area (TPSA) is 37.4 Å². The number of benzene rings is 3. The summed E-state index contributed by atoms with van der Waals surface area (Å²) in [5, 5.41) is 3.85. The number of rotatable bonds is 5. The molecule has 1 heterocycles. The van der Waals surface area contributed by atoms with E-state index >= 15 is 0 Å². The van der Waals surface area contributed by atoms with E-state index in [-0.39, 0.29) is 16.2 Å². The van der Waals surface area contributed by atoms with Gasteiger partial charge < -0.3 is 14.7 Å². The zero-order valence-electron chi connectivity index (χ0n) is 27.8. The fourth-order valence-electron chi connectivity index (χ4n) is 5.62. The van der Waals surface area contributed by atoms with Crippen molar-refractivity contribution in [1.29, 1.82) is 0 Å². The quantitative estimate of drug-likeness (QED) is 0.249. The predicted octanol–water partition coefficient (Wildman–Crippen LogP) is 9.20. The molecule has 228 valence electrons. The van der Waals surface area contributed by atoms with Gasteiger partial charge >= 0.3 is 35.6 Å². The van der Waals surface area contributed by atoms with Gasteiger partial charge in [0.05, 0.1) is 0 Å². The van der Waals surface area contributed by atoms with Crippen molar-refractivity contribution in [3.63, 3.8) is 0 Å². The molecule has 8 heteroatoms. The van der Waals surface area contributed by atoms with Crippen LogP contribution in [0.4, 0.5) is 0 Å². The Balaban J connectivity index is 0.00000155. The molecule has 0 spiro atoms. The van der Waals surface area contributed by atoms with Gasteiger partial charge in [0.15, 0.2) is 0 Å². The molecule has 0 bridgehead atoms. The van der Waals surface area contributed by atoms with Crippen molar-refractivity contribution >= 4 is 50.6 Å². The summed E-state index contributed by atoms with van der Waals surface area (Å²) in [5.41, 5.74) is 4.99. The molecule has 42 heavy (non-hydrogen) atoms. The van der Waals surface area contributed by atoms with E-state index in [9.17, 15) is 0 Å². The van der Waals surface area contributed by atoms with Gasteiger partial charge in [0.1, 0.15) is 11.5 Å². The summed E-state index contributed by atoms with van der Waals surface area (Å²) in [7, 11) is 9.15. The molecule has 0 N–H and O–H groups in total. The van der Waals surface area contributed by atoms with Crippen molar-refractivity contribution in [2.75, 3.05) is 14.1 Å². The standard InChI is InChI=1S/C34H48N2OSi2.2ClH.Ti/c1-32(2,3)23-19-26-30(28(21-23)38(11,12)35-9)37-31-27(34(26,7)8)20-24(33(4,5)6)22-29(31)39(13,36-10)25-17-15-14-16-18-25;;;/h14-22H,1-13H3;2*1H;/q-2;;;+2/p-2. The van der Waals surface area contributed by atoms with Crippen LogP contribution in [0.5, 0.6) is 11.5 Å². The molecule has 0 aromatic heterocycles. The first-order valence-electron chi connectivity index (χ1n) is 14.6. The molecule has 0 saturated carbocycles. The van der Waals surface area contributed by atoms with Crippen LogP contribution in [-0.2, 0) is 33.3 Å². The fraction of sp³-hybridized carbons (Fsp3) is 0.471. The molecule has 3 aromatic carbocycles. The van der Waals surface area contributed by atoms with Crippen molar-refractivity contribution in [3.05, 3.63) is 86.8 Å². The van der Waals surface area contributed by atoms with E-state index in [1.165, 1.54) is 37.8 Å². The molecular formula is C34H48Cl2N2OSi2Ti-2. The molecule has 1 unspecified atom stereocenters. The number of hydrogen-bond acceptors (Lipinski definition) is 1. The molecule has 0 amide bonds. The zero-order chi connectivity index (χ0) is 31.9. The predicted molar refractivity (Wildman–Crippen MR) is 187 cm³/mol. The fourth-order valence-corrected chi connectivity index (χ4v) is 9.83. The Kier molecular flexibility index (Phi) is 10.9.